The molecule has 8 heterocycles. The number of hydrogen-bond donors (Lipinski definition) is 8. The van der Waals surface area contributed by atoms with Gasteiger partial charge in [0.1, 0.15) is 33.4 Å². The molecule has 6 aliphatic rings. The second-order valence-corrected chi connectivity index (χ2v) is 29.6. The number of fused-ring (bicyclic) bond motifs is 2. The molecule has 0 radical (unpaired) electrons. The van der Waals surface area contributed by atoms with Crippen LogP contribution in [0.1, 0.15) is 218 Å². The number of halogens is 2. The number of benzene rings is 2. The highest BCUT2D eigenvalue weighted by molar-refractivity contribution is 9.10. The average molecular weight is 1670 g/mol. The van der Waals surface area contributed by atoms with Crippen LogP contribution in [0.3, 0.4) is 0 Å². The molecule has 2 aliphatic carbocycles. The van der Waals surface area contributed by atoms with Crippen LogP contribution >= 0.6 is 15.9 Å². The van der Waals surface area contributed by atoms with Crippen LogP contribution in [0.25, 0.3) is 0 Å². The summed E-state index contributed by atoms with van der Waals surface area (Å²) >= 11 is 3.16. The van der Waals surface area contributed by atoms with Crippen molar-refractivity contribution in [2.24, 2.45) is 17.6 Å². The molecular formula is C86H127BrClN13O13. The van der Waals surface area contributed by atoms with E-state index in [0.717, 1.165) is 142 Å². The van der Waals surface area contributed by atoms with Gasteiger partial charge in [-0.05, 0) is 209 Å². The van der Waals surface area contributed by atoms with Gasteiger partial charge in [-0.15, -0.1) is 0 Å². The van der Waals surface area contributed by atoms with Crippen LogP contribution in [0, 0.1) is 11.8 Å². The van der Waals surface area contributed by atoms with E-state index in [4.69, 9.17) is 20.3 Å². The van der Waals surface area contributed by atoms with E-state index in [2.05, 4.69) is 106 Å². The molecular weight excluding hydrogens is 1540 g/mol. The van der Waals surface area contributed by atoms with Gasteiger partial charge >= 0.3 is 17.9 Å². The number of ketones is 1. The molecule has 6 aromatic rings. The molecule has 12 rings (SSSR count). The van der Waals surface area contributed by atoms with E-state index in [1.54, 1.807) is 90.1 Å². The van der Waals surface area contributed by atoms with Gasteiger partial charge in [0.25, 0.3) is 0 Å². The Balaban J connectivity index is 0.000000367. The first-order valence-electron chi connectivity index (χ1n) is 38.9. The fraction of sp³-hybridized carbons (Fsp3) is 0.535. The van der Waals surface area contributed by atoms with Crippen LogP contribution in [0.2, 0.25) is 0 Å². The van der Waals surface area contributed by atoms with E-state index >= 15 is 0 Å². The number of aromatic nitrogens is 4. The van der Waals surface area contributed by atoms with Gasteiger partial charge in [-0.25, -0.2) is 34.3 Å². The van der Waals surface area contributed by atoms with E-state index in [1.807, 2.05) is 37.8 Å². The number of rotatable bonds is 22. The van der Waals surface area contributed by atoms with Gasteiger partial charge in [-0.1, -0.05) is 95.1 Å². The number of anilines is 3. The SMILES string of the molecule is C.C.C.CC(=O)N1CCC(Nc2cccc(C(=O)CCC(O)CCC3Cc4ccccc4C3)n2)CC1.CC(=O)N1CCC(Nc2cccc(C(=O)O)n2)CC1.CC(=O)N1CCC([NH3+])CC1.CCOC(=O)c1cccc(Br)n1.CCOC(=O)c1cccc(NC2CCN(C(C)=O)CC2)n1.NCC(O)CCC1Cc2ccccc2C1.[Cl-]. The number of esters is 2. The molecule has 28 heteroatoms. The number of ether oxygens (including phenoxy) is 2. The smallest absolute Gasteiger partial charge is 0.356 e. The van der Waals surface area contributed by atoms with Gasteiger partial charge in [0, 0.05) is 124 Å². The average Bonchev–Trinajstić information content (AvgIpc) is 1.63. The maximum atomic E-state index is 12.7. The van der Waals surface area contributed by atoms with Gasteiger partial charge in [0.15, 0.2) is 17.2 Å². The Morgan fingerprint density at radius 3 is 1.12 bits per heavy atom. The van der Waals surface area contributed by atoms with Crippen LogP contribution in [0.5, 0.6) is 0 Å². The van der Waals surface area contributed by atoms with Crippen LogP contribution in [-0.2, 0) is 54.3 Å². The van der Waals surface area contributed by atoms with Gasteiger partial charge in [-0.3, -0.25) is 24.0 Å². The number of pyridine rings is 4. The molecule has 0 spiro atoms. The molecule has 4 saturated heterocycles. The van der Waals surface area contributed by atoms with Crippen molar-refractivity contribution in [2.75, 3.05) is 88.1 Å². The van der Waals surface area contributed by atoms with E-state index < -0.39 is 18.0 Å². The highest BCUT2D eigenvalue weighted by Crippen LogP contribution is 2.32. The van der Waals surface area contributed by atoms with Crippen LogP contribution in [0.15, 0.2) is 126 Å². The summed E-state index contributed by atoms with van der Waals surface area (Å²) < 4.78 is 10.3. The number of nitrogens with two attached hydrogens (primary N) is 1. The second kappa shape index (κ2) is 52.5. The van der Waals surface area contributed by atoms with Gasteiger partial charge in [-0.2, -0.15) is 0 Å². The molecule has 2 atom stereocenters. The Hall–Kier alpha value is -8.99. The summed E-state index contributed by atoms with van der Waals surface area (Å²) in [5.74, 6) is 1.93. The van der Waals surface area contributed by atoms with Crippen molar-refractivity contribution < 1.29 is 81.3 Å². The number of likely N-dealkylation sites (tertiary alicyclic amines) is 4. The van der Waals surface area contributed by atoms with Crippen molar-refractivity contribution in [1.82, 2.24) is 39.5 Å². The summed E-state index contributed by atoms with van der Waals surface area (Å²) in [5, 5.41) is 38.7. The number of piperidine rings is 4. The number of quaternary nitrogens is 1. The van der Waals surface area contributed by atoms with Crippen LogP contribution < -0.4 is 39.8 Å². The number of aliphatic hydroxyl groups is 2. The topological polar surface area (TPSA) is 370 Å². The minimum atomic E-state index is -1.03. The van der Waals surface area contributed by atoms with Gasteiger partial charge in [0.05, 0.1) is 31.5 Å². The lowest BCUT2D eigenvalue weighted by molar-refractivity contribution is -0.425. The summed E-state index contributed by atoms with van der Waals surface area (Å²) in [6.45, 7) is 17.3. The number of amides is 4. The molecule has 4 aromatic heterocycles. The van der Waals surface area contributed by atoms with Crippen molar-refractivity contribution in [3.05, 3.63) is 171 Å². The summed E-state index contributed by atoms with van der Waals surface area (Å²) in [4.78, 5) is 115. The van der Waals surface area contributed by atoms with Crippen molar-refractivity contribution in [3.63, 3.8) is 0 Å². The predicted octanol–water partition coefficient (Wildman–Crippen LogP) is 8.58. The maximum Gasteiger partial charge on any atom is 0.356 e. The molecule has 0 saturated carbocycles. The minimum absolute atomic E-state index is 0. The van der Waals surface area contributed by atoms with E-state index in [1.165, 1.54) is 41.2 Å². The number of carboxylic acids is 1. The maximum absolute atomic E-state index is 12.7. The number of aromatic carboxylic acids is 1. The van der Waals surface area contributed by atoms with Crippen molar-refractivity contribution in [3.8, 4) is 0 Å². The Morgan fingerprint density at radius 1 is 0.465 bits per heavy atom. The fourth-order valence-electron chi connectivity index (χ4n) is 14.0. The summed E-state index contributed by atoms with van der Waals surface area (Å²) in [5.41, 5.74) is 16.3. The monoisotopic (exact) mass is 1660 g/mol. The molecule has 2 unspecified atom stereocenters. The Morgan fingerprint density at radius 2 is 0.781 bits per heavy atom. The number of Topliss-reactive ketones (excluding diaryl/α,β-unsaturated/α-hetero) is 1. The fourth-order valence-corrected chi connectivity index (χ4v) is 14.4. The minimum Gasteiger partial charge on any atom is -1.00 e. The third kappa shape index (κ3) is 34.6. The highest BCUT2D eigenvalue weighted by Gasteiger charge is 2.27. The first-order chi connectivity index (χ1) is 52.9. The summed E-state index contributed by atoms with van der Waals surface area (Å²) in [7, 11) is 0. The molecule has 114 heavy (non-hydrogen) atoms. The number of aliphatic hydroxyl groups excluding tert-OH is 2. The molecule has 11 N–H and O–H groups in total. The van der Waals surface area contributed by atoms with E-state index in [0.29, 0.717) is 89.6 Å². The predicted molar refractivity (Wildman–Crippen MR) is 446 cm³/mol. The lowest BCUT2D eigenvalue weighted by Gasteiger charge is -2.32. The Bertz CT molecular complexity index is 3870. The molecule has 0 bridgehead atoms. The zero-order chi connectivity index (χ0) is 79.5. The molecule has 4 fully saturated rings. The largest absolute Gasteiger partial charge is 1.00 e. The van der Waals surface area contributed by atoms with Gasteiger partial charge in [0.2, 0.25) is 23.6 Å². The zero-order valence-electron chi connectivity index (χ0n) is 65.2. The number of hydrogen-bond acceptors (Lipinski definition) is 20. The van der Waals surface area contributed by atoms with Crippen molar-refractivity contribution in [1.29, 1.82) is 0 Å². The number of carbonyl (C=O) groups excluding carboxylic acids is 7. The van der Waals surface area contributed by atoms with Crippen molar-refractivity contribution >= 4 is 80.7 Å². The van der Waals surface area contributed by atoms with Crippen LogP contribution in [-0.4, -0.2) is 211 Å². The van der Waals surface area contributed by atoms with E-state index in [-0.39, 0.29) is 100.0 Å². The molecule has 2 aromatic carbocycles. The third-order valence-corrected chi connectivity index (χ3v) is 20.9. The number of carbonyl (C=O) groups is 8. The van der Waals surface area contributed by atoms with Gasteiger partial charge < -0.3 is 84.2 Å². The third-order valence-electron chi connectivity index (χ3n) is 20.4. The number of carboxylic acid groups (broad SMARTS) is 1. The number of nitrogens with one attached hydrogen (secondary N) is 3. The summed E-state index contributed by atoms with van der Waals surface area (Å²) in [6.07, 6.45) is 15.5. The lowest BCUT2D eigenvalue weighted by Crippen LogP contribution is -3.00. The van der Waals surface area contributed by atoms with Crippen molar-refractivity contribution in [2.45, 2.75) is 216 Å². The quantitative estimate of drug-likeness (QED) is 0.0179. The number of nitrogens with zero attached hydrogens (tertiary/aromatic N) is 8. The first kappa shape index (κ1) is 99.2. The molecule has 4 aliphatic heterocycles. The van der Waals surface area contributed by atoms with Crippen LogP contribution in [0.4, 0.5) is 17.5 Å². The molecule has 4 amide bonds. The molecule has 26 nitrogen and oxygen atoms in total. The first-order valence-corrected chi connectivity index (χ1v) is 39.6. The Labute approximate surface area is 690 Å². The zero-order valence-corrected chi connectivity index (χ0v) is 67.6. The normalized spacial score (nSPS) is 15.9. The lowest BCUT2D eigenvalue weighted by atomic mass is 9.96. The summed E-state index contributed by atoms with van der Waals surface area (Å²) in [6, 6.07) is 39.3. The highest BCUT2D eigenvalue weighted by atomic mass is 79.9. The Kier molecular flexibility index (Phi) is 45.7. The molecule has 628 valence electrons. The standard InChI is InChI=1S/C27H35N3O3.C15H21N3O3.C13H17N3O3.C13H19NO.C8H8BrNO2.C7H14N2O.3CH4.ClH/c1-19(31)30-15-13-23(14-16-30)28-27-8-4-7-25(29-27)26(33)12-11-24(32)10-9-20-17-21-5-2-3-6-22(21)18-20;1-3-21-15(20)13-5-4-6-14(17-13)16-12-7-9-18(10-8-12)11(2)19;1-9(17)16-7-5-10(6-8-16)14-12-4-2-3-11(15-12)13(18)19;14-9-13(15)6-5-10-7-11-3-1-2-4-12(11)8-10;1-2-12-8(11)6-4-3-5-7(9)10-6;1-6(10)9-4-2-7(8)3-5-9;;;;/h2-8,20,23-24,32H,9-18H2,1H3,(H,28,29);4-6,12H,3,7-10H2,1-2H3,(H,16,17);2-4,10H,5-8H2,1H3,(H,14,15)(H,18,19);1-4,10,13,15H,5-9,14H2;3-5H,2H2,1H3;7H,2-5,8H2,1H3;3*1H4;1H. The van der Waals surface area contributed by atoms with E-state index in [9.17, 15) is 48.6 Å². The second-order valence-electron chi connectivity index (χ2n) is 28.8.